The van der Waals surface area contributed by atoms with Crippen molar-refractivity contribution < 1.29 is 14.3 Å². The van der Waals surface area contributed by atoms with Crippen LogP contribution in [0.5, 0.6) is 0 Å². The minimum Gasteiger partial charge on any atom is -0.492 e. The minimum absolute atomic E-state index is 0.153. The summed E-state index contributed by atoms with van der Waals surface area (Å²) in [6.07, 6.45) is 1.61. The van der Waals surface area contributed by atoms with Crippen LogP contribution in [0.2, 0.25) is 0 Å². The average Bonchev–Trinajstić information content (AvgIpc) is 2.02. The average molecular weight is 198 g/mol. The molecule has 0 radical (unpaired) electrons. The Balaban J connectivity index is 2.75. The molecule has 0 fully saturated rings. The fourth-order valence-corrected chi connectivity index (χ4v) is 1.59. The summed E-state index contributed by atoms with van der Waals surface area (Å²) in [6.45, 7) is 8.10. The summed E-state index contributed by atoms with van der Waals surface area (Å²) in [5.74, 6) is 0.472. The van der Waals surface area contributed by atoms with Gasteiger partial charge in [-0.05, 0) is 40.5 Å². The SMILES string of the molecule is CCOC(=O)C1=C(C)OC(C)(C)CC1. The Morgan fingerprint density at radius 2 is 2.21 bits per heavy atom. The number of hydrogen-bond acceptors (Lipinski definition) is 3. The van der Waals surface area contributed by atoms with Crippen molar-refractivity contribution in [3.63, 3.8) is 0 Å². The van der Waals surface area contributed by atoms with Crippen molar-refractivity contribution in [3.05, 3.63) is 11.3 Å². The largest absolute Gasteiger partial charge is 0.492 e. The van der Waals surface area contributed by atoms with Crippen molar-refractivity contribution in [2.75, 3.05) is 6.61 Å². The zero-order chi connectivity index (χ0) is 10.8. The molecule has 0 saturated heterocycles. The lowest BCUT2D eigenvalue weighted by Crippen LogP contribution is -2.29. The van der Waals surface area contributed by atoms with Crippen LogP contribution in [0, 0.1) is 0 Å². The van der Waals surface area contributed by atoms with Crippen LogP contribution in [-0.4, -0.2) is 18.2 Å². The van der Waals surface area contributed by atoms with Crippen LogP contribution >= 0.6 is 0 Å². The molecule has 0 aromatic rings. The lowest BCUT2D eigenvalue weighted by molar-refractivity contribution is -0.139. The van der Waals surface area contributed by atoms with Gasteiger partial charge in [-0.2, -0.15) is 0 Å². The van der Waals surface area contributed by atoms with Gasteiger partial charge in [0.2, 0.25) is 0 Å². The first-order valence-electron chi connectivity index (χ1n) is 5.02. The van der Waals surface area contributed by atoms with Crippen molar-refractivity contribution >= 4 is 5.97 Å². The van der Waals surface area contributed by atoms with Crippen LogP contribution < -0.4 is 0 Å². The molecule has 1 heterocycles. The van der Waals surface area contributed by atoms with Gasteiger partial charge < -0.3 is 9.47 Å². The van der Waals surface area contributed by atoms with Crippen LogP contribution in [0.15, 0.2) is 11.3 Å². The molecule has 0 amide bonds. The highest BCUT2D eigenvalue weighted by Crippen LogP contribution is 2.31. The van der Waals surface area contributed by atoms with E-state index < -0.39 is 0 Å². The fourth-order valence-electron chi connectivity index (χ4n) is 1.59. The molecule has 0 aromatic carbocycles. The van der Waals surface area contributed by atoms with Crippen LogP contribution in [0.1, 0.15) is 40.5 Å². The van der Waals surface area contributed by atoms with E-state index in [1.807, 2.05) is 20.8 Å². The fraction of sp³-hybridized carbons (Fsp3) is 0.727. The minimum atomic E-state index is -0.236. The summed E-state index contributed by atoms with van der Waals surface area (Å²) in [4.78, 5) is 11.5. The van der Waals surface area contributed by atoms with Gasteiger partial charge in [0.05, 0.1) is 12.2 Å². The van der Waals surface area contributed by atoms with E-state index in [0.29, 0.717) is 17.9 Å². The maximum atomic E-state index is 11.5. The first-order chi connectivity index (χ1) is 6.46. The summed E-state index contributed by atoms with van der Waals surface area (Å²) in [5, 5.41) is 0. The van der Waals surface area contributed by atoms with E-state index in [4.69, 9.17) is 9.47 Å². The molecule has 0 saturated carbocycles. The van der Waals surface area contributed by atoms with Crippen molar-refractivity contribution in [1.82, 2.24) is 0 Å². The lowest BCUT2D eigenvalue weighted by Gasteiger charge is -2.32. The Hall–Kier alpha value is -0.990. The van der Waals surface area contributed by atoms with Crippen molar-refractivity contribution in [3.8, 4) is 0 Å². The van der Waals surface area contributed by atoms with E-state index in [0.717, 1.165) is 12.8 Å². The van der Waals surface area contributed by atoms with Gasteiger partial charge in [0.15, 0.2) is 0 Å². The summed E-state index contributed by atoms with van der Waals surface area (Å²) in [6, 6.07) is 0. The van der Waals surface area contributed by atoms with Crippen molar-refractivity contribution in [2.24, 2.45) is 0 Å². The third kappa shape index (κ3) is 2.50. The number of esters is 1. The quantitative estimate of drug-likeness (QED) is 0.639. The smallest absolute Gasteiger partial charge is 0.337 e. The molecule has 0 bridgehead atoms. The van der Waals surface area contributed by atoms with Crippen LogP contribution in [-0.2, 0) is 14.3 Å². The summed E-state index contributed by atoms with van der Waals surface area (Å²) in [7, 11) is 0. The van der Waals surface area contributed by atoms with E-state index in [1.165, 1.54) is 0 Å². The van der Waals surface area contributed by atoms with Gasteiger partial charge in [0.1, 0.15) is 11.4 Å². The zero-order valence-electron chi connectivity index (χ0n) is 9.35. The number of carbonyl (C=O) groups excluding carboxylic acids is 1. The van der Waals surface area contributed by atoms with Crippen molar-refractivity contribution in [2.45, 2.75) is 46.1 Å². The van der Waals surface area contributed by atoms with Gasteiger partial charge in [-0.25, -0.2) is 4.79 Å². The van der Waals surface area contributed by atoms with E-state index in [1.54, 1.807) is 6.92 Å². The predicted octanol–water partition coefficient (Wildman–Crippen LogP) is 2.41. The molecular formula is C11H18O3. The number of carbonyl (C=O) groups is 1. The Kier molecular flexibility index (Phi) is 3.19. The third-order valence-corrected chi connectivity index (χ3v) is 2.35. The zero-order valence-corrected chi connectivity index (χ0v) is 9.35. The summed E-state index contributed by atoms with van der Waals surface area (Å²) < 4.78 is 10.6. The highest BCUT2D eigenvalue weighted by Gasteiger charge is 2.29. The molecule has 0 atom stereocenters. The number of ether oxygens (including phenoxy) is 2. The Labute approximate surface area is 85.1 Å². The highest BCUT2D eigenvalue weighted by atomic mass is 16.5. The topological polar surface area (TPSA) is 35.5 Å². The molecule has 1 aliphatic rings. The van der Waals surface area contributed by atoms with Gasteiger partial charge in [0.25, 0.3) is 0 Å². The van der Waals surface area contributed by atoms with Crippen LogP contribution in [0.4, 0.5) is 0 Å². The maximum absolute atomic E-state index is 11.5. The predicted molar refractivity (Wildman–Crippen MR) is 53.7 cm³/mol. The van der Waals surface area contributed by atoms with Gasteiger partial charge in [-0.3, -0.25) is 0 Å². The molecular weight excluding hydrogens is 180 g/mol. The molecule has 0 aromatic heterocycles. The normalized spacial score (nSPS) is 20.3. The molecule has 1 aliphatic heterocycles. The standard InChI is InChI=1S/C11H18O3/c1-5-13-10(12)9-6-7-11(3,4)14-8(9)2/h5-7H2,1-4H3. The molecule has 14 heavy (non-hydrogen) atoms. The second kappa shape index (κ2) is 4.03. The summed E-state index contributed by atoms with van der Waals surface area (Å²) >= 11 is 0. The van der Waals surface area contributed by atoms with E-state index in [9.17, 15) is 4.79 Å². The number of rotatable bonds is 2. The number of allylic oxidation sites excluding steroid dienone is 1. The van der Waals surface area contributed by atoms with Crippen LogP contribution in [0.25, 0.3) is 0 Å². The third-order valence-electron chi connectivity index (χ3n) is 2.35. The van der Waals surface area contributed by atoms with E-state index >= 15 is 0 Å². The highest BCUT2D eigenvalue weighted by molar-refractivity contribution is 5.89. The van der Waals surface area contributed by atoms with E-state index in [-0.39, 0.29) is 11.6 Å². The first kappa shape index (κ1) is 11.1. The summed E-state index contributed by atoms with van der Waals surface area (Å²) in [5.41, 5.74) is 0.534. The monoisotopic (exact) mass is 198 g/mol. The first-order valence-corrected chi connectivity index (χ1v) is 5.02. The maximum Gasteiger partial charge on any atom is 0.337 e. The van der Waals surface area contributed by atoms with Gasteiger partial charge in [-0.15, -0.1) is 0 Å². The molecule has 0 N–H and O–H groups in total. The van der Waals surface area contributed by atoms with E-state index in [2.05, 4.69) is 0 Å². The Morgan fingerprint density at radius 3 is 2.71 bits per heavy atom. The molecule has 3 heteroatoms. The van der Waals surface area contributed by atoms with Gasteiger partial charge in [-0.1, -0.05) is 0 Å². The second-order valence-electron chi connectivity index (χ2n) is 4.12. The molecule has 3 nitrogen and oxygen atoms in total. The van der Waals surface area contributed by atoms with Crippen molar-refractivity contribution in [1.29, 1.82) is 0 Å². The molecule has 80 valence electrons. The van der Waals surface area contributed by atoms with Gasteiger partial charge in [0, 0.05) is 0 Å². The molecule has 0 spiro atoms. The van der Waals surface area contributed by atoms with Gasteiger partial charge >= 0.3 is 5.97 Å². The van der Waals surface area contributed by atoms with Crippen LogP contribution in [0.3, 0.4) is 0 Å². The Bertz CT molecular complexity index is 264. The Morgan fingerprint density at radius 1 is 1.57 bits per heavy atom. The number of hydrogen-bond donors (Lipinski definition) is 0. The molecule has 0 unspecified atom stereocenters. The second-order valence-corrected chi connectivity index (χ2v) is 4.12. The molecule has 0 aliphatic carbocycles. The molecule has 1 rings (SSSR count). The lowest BCUT2D eigenvalue weighted by atomic mass is 9.94.